The number of hydrogen-bond donors (Lipinski definition) is 0. The van der Waals surface area contributed by atoms with Crippen LogP contribution < -0.4 is 5.56 Å². The Hall–Kier alpha value is -1.83. The molecule has 0 aliphatic heterocycles. The molecule has 1 heterocycles. The Morgan fingerprint density at radius 1 is 1.33 bits per heavy atom. The summed E-state index contributed by atoms with van der Waals surface area (Å²) < 4.78 is 39.6. The molecule has 24 heavy (non-hydrogen) atoms. The zero-order chi connectivity index (χ0) is 18.4. The van der Waals surface area contributed by atoms with Gasteiger partial charge in [0.05, 0.1) is 5.56 Å². The molecule has 136 valence electrons. The molecule has 0 bridgehead atoms. The molecule has 0 radical (unpaired) electrons. The smallest absolute Gasteiger partial charge is 0.309 e. The molecule has 1 aromatic rings. The summed E-state index contributed by atoms with van der Waals surface area (Å²) in [5.74, 6) is -1.34. The largest absolute Gasteiger partial charge is 0.371 e. The molecular weight excluding hydrogens is 325 g/mol. The second kappa shape index (κ2) is 8.86. The van der Waals surface area contributed by atoms with Crippen LogP contribution in [0.2, 0.25) is 0 Å². The number of halogens is 3. The number of rotatable bonds is 8. The Labute approximate surface area is 138 Å². The van der Waals surface area contributed by atoms with Gasteiger partial charge in [0, 0.05) is 17.3 Å². The van der Waals surface area contributed by atoms with Crippen LogP contribution in [0.15, 0.2) is 17.1 Å². The first kappa shape index (κ1) is 20.2. The molecule has 5 nitrogen and oxygen atoms in total. The number of hydrogen-bond acceptors (Lipinski definition) is 4. The standard InChI is InChI=1S/C16H23F3N2O3/c1-10(2)7-13(16(23)24-19)21-9-11(5-6-20(3)4)8-12(14(17)18)15(21)22/h8-10,13-14H,5-7H2,1-4H3. The van der Waals surface area contributed by atoms with E-state index in [0.717, 1.165) is 10.6 Å². The summed E-state index contributed by atoms with van der Waals surface area (Å²) in [4.78, 5) is 29.1. The SMILES string of the molecule is CC(C)CC(C(=O)OF)n1cc(CCN(C)C)cc(C(F)F)c1=O. The second-order valence-electron chi connectivity index (χ2n) is 6.41. The van der Waals surface area contributed by atoms with Gasteiger partial charge in [0.25, 0.3) is 12.0 Å². The van der Waals surface area contributed by atoms with E-state index in [1.165, 1.54) is 6.20 Å². The summed E-state index contributed by atoms with van der Waals surface area (Å²) in [6.07, 6.45) is -1.14. The average Bonchev–Trinajstić information content (AvgIpc) is 2.50. The van der Waals surface area contributed by atoms with E-state index < -0.39 is 29.6 Å². The summed E-state index contributed by atoms with van der Waals surface area (Å²) in [5, 5.41) is 0. The Morgan fingerprint density at radius 3 is 2.42 bits per heavy atom. The molecule has 0 aromatic carbocycles. The van der Waals surface area contributed by atoms with E-state index in [1.807, 2.05) is 19.0 Å². The van der Waals surface area contributed by atoms with Crippen molar-refractivity contribution < 1.29 is 23.0 Å². The summed E-state index contributed by atoms with van der Waals surface area (Å²) in [6.45, 7) is 4.12. The van der Waals surface area contributed by atoms with E-state index in [9.17, 15) is 22.9 Å². The molecule has 8 heteroatoms. The molecule has 0 aliphatic carbocycles. The summed E-state index contributed by atoms with van der Waals surface area (Å²) in [5.41, 5.74) is -1.24. The first-order chi connectivity index (χ1) is 11.2. The van der Waals surface area contributed by atoms with Crippen LogP contribution in [0.25, 0.3) is 0 Å². The lowest BCUT2D eigenvalue weighted by atomic mass is 10.0. The van der Waals surface area contributed by atoms with Crippen LogP contribution in [0.1, 0.15) is 43.9 Å². The highest BCUT2D eigenvalue weighted by Gasteiger charge is 2.28. The van der Waals surface area contributed by atoms with Gasteiger partial charge < -0.3 is 9.47 Å². The molecule has 0 amide bonds. The Bertz CT molecular complexity index is 615. The highest BCUT2D eigenvalue weighted by Crippen LogP contribution is 2.22. The minimum atomic E-state index is -2.98. The molecule has 1 aromatic heterocycles. The number of alkyl halides is 2. The third-order valence-corrected chi connectivity index (χ3v) is 3.59. The molecule has 1 atom stereocenters. The summed E-state index contributed by atoms with van der Waals surface area (Å²) >= 11 is 0. The quantitative estimate of drug-likeness (QED) is 0.725. The van der Waals surface area contributed by atoms with Crippen molar-refractivity contribution in [2.45, 2.75) is 39.2 Å². The third-order valence-electron chi connectivity index (χ3n) is 3.59. The van der Waals surface area contributed by atoms with E-state index in [2.05, 4.69) is 4.94 Å². The van der Waals surface area contributed by atoms with Crippen LogP contribution in [-0.4, -0.2) is 36.1 Å². The fourth-order valence-electron chi connectivity index (χ4n) is 2.38. The molecule has 1 unspecified atom stereocenters. The maximum Gasteiger partial charge on any atom is 0.371 e. The molecule has 0 spiro atoms. The van der Waals surface area contributed by atoms with Crippen LogP contribution in [0, 0.1) is 5.92 Å². The molecule has 0 aliphatic rings. The molecule has 0 fully saturated rings. The van der Waals surface area contributed by atoms with Crippen LogP contribution >= 0.6 is 0 Å². The third kappa shape index (κ3) is 5.36. The van der Waals surface area contributed by atoms with Crippen LogP contribution in [0.4, 0.5) is 13.3 Å². The van der Waals surface area contributed by atoms with E-state index >= 15 is 0 Å². The van der Waals surface area contributed by atoms with Crippen molar-refractivity contribution in [2.75, 3.05) is 20.6 Å². The van der Waals surface area contributed by atoms with Crippen LogP contribution in [0.5, 0.6) is 0 Å². The van der Waals surface area contributed by atoms with Gasteiger partial charge in [0.2, 0.25) is 0 Å². The van der Waals surface area contributed by atoms with Gasteiger partial charge in [-0.05, 0) is 44.5 Å². The number of aromatic nitrogens is 1. The first-order valence-electron chi connectivity index (χ1n) is 7.67. The number of pyridine rings is 1. The van der Waals surface area contributed by atoms with E-state index in [-0.39, 0.29) is 12.3 Å². The Morgan fingerprint density at radius 2 is 1.96 bits per heavy atom. The number of likely N-dealkylation sites (N-methyl/N-ethyl adjacent to an activating group) is 1. The lowest BCUT2D eigenvalue weighted by molar-refractivity contribution is -0.188. The van der Waals surface area contributed by atoms with Gasteiger partial charge in [-0.15, -0.1) is 0 Å². The average molecular weight is 348 g/mol. The molecule has 0 saturated carbocycles. The van der Waals surface area contributed by atoms with Gasteiger partial charge >= 0.3 is 5.97 Å². The fraction of sp³-hybridized carbons (Fsp3) is 0.625. The van der Waals surface area contributed by atoms with Gasteiger partial charge in [-0.2, -0.15) is 0 Å². The Balaban J connectivity index is 3.40. The van der Waals surface area contributed by atoms with Gasteiger partial charge in [0.1, 0.15) is 6.04 Å². The highest BCUT2D eigenvalue weighted by atomic mass is 19.3. The van der Waals surface area contributed by atoms with Crippen molar-refractivity contribution in [1.82, 2.24) is 9.47 Å². The fourth-order valence-corrected chi connectivity index (χ4v) is 2.38. The normalized spacial score (nSPS) is 12.9. The number of nitrogens with zero attached hydrogens (tertiary/aromatic N) is 2. The number of carbonyl (C=O) groups is 1. The van der Waals surface area contributed by atoms with Crippen LogP contribution in [-0.2, 0) is 16.2 Å². The van der Waals surface area contributed by atoms with Gasteiger partial charge in [-0.3, -0.25) is 9.74 Å². The van der Waals surface area contributed by atoms with E-state index in [4.69, 9.17) is 0 Å². The zero-order valence-electron chi connectivity index (χ0n) is 14.3. The monoisotopic (exact) mass is 348 g/mol. The maximum absolute atomic E-state index is 13.2. The maximum atomic E-state index is 13.2. The van der Waals surface area contributed by atoms with Gasteiger partial charge in [0.15, 0.2) is 0 Å². The van der Waals surface area contributed by atoms with Crippen molar-refractivity contribution in [3.8, 4) is 0 Å². The molecular formula is C16H23F3N2O3. The lowest BCUT2D eigenvalue weighted by Crippen LogP contribution is -2.33. The van der Waals surface area contributed by atoms with Crippen molar-refractivity contribution in [2.24, 2.45) is 5.92 Å². The van der Waals surface area contributed by atoms with E-state index in [1.54, 1.807) is 13.8 Å². The van der Waals surface area contributed by atoms with Crippen molar-refractivity contribution in [3.05, 3.63) is 33.7 Å². The van der Waals surface area contributed by atoms with E-state index in [0.29, 0.717) is 18.5 Å². The number of carbonyl (C=O) groups excluding carboxylic acids is 1. The van der Waals surface area contributed by atoms with Crippen molar-refractivity contribution >= 4 is 5.97 Å². The zero-order valence-corrected chi connectivity index (χ0v) is 14.3. The highest BCUT2D eigenvalue weighted by molar-refractivity contribution is 5.73. The summed E-state index contributed by atoms with van der Waals surface area (Å²) in [6, 6.07) is -0.139. The van der Waals surface area contributed by atoms with Crippen LogP contribution in [0.3, 0.4) is 0 Å². The van der Waals surface area contributed by atoms with Gasteiger partial charge in [-0.25, -0.2) is 13.6 Å². The summed E-state index contributed by atoms with van der Waals surface area (Å²) in [7, 11) is 3.65. The molecule has 1 rings (SSSR count). The predicted molar refractivity (Wildman–Crippen MR) is 83.6 cm³/mol. The minimum absolute atomic E-state index is 0.0681. The lowest BCUT2D eigenvalue weighted by Gasteiger charge is -2.20. The van der Waals surface area contributed by atoms with Crippen molar-refractivity contribution in [1.29, 1.82) is 0 Å². The van der Waals surface area contributed by atoms with Crippen molar-refractivity contribution in [3.63, 3.8) is 0 Å². The molecule has 0 N–H and O–H groups in total. The topological polar surface area (TPSA) is 51.5 Å². The minimum Gasteiger partial charge on any atom is -0.309 e. The predicted octanol–water partition coefficient (Wildman–Crippen LogP) is 2.90. The Kier molecular flexibility index (Phi) is 7.47. The first-order valence-corrected chi connectivity index (χ1v) is 7.67. The van der Waals surface area contributed by atoms with Gasteiger partial charge in [-0.1, -0.05) is 13.8 Å². The second-order valence-corrected chi connectivity index (χ2v) is 6.41. The molecule has 0 saturated heterocycles.